The second-order valence-corrected chi connectivity index (χ2v) is 6.48. The number of hydrogen-bond acceptors (Lipinski definition) is 5. The molecule has 1 unspecified atom stereocenters. The van der Waals surface area contributed by atoms with E-state index < -0.39 is 6.10 Å². The predicted octanol–water partition coefficient (Wildman–Crippen LogP) is 2.09. The van der Waals surface area contributed by atoms with Gasteiger partial charge in [0.1, 0.15) is 12.4 Å². The molecular formula is C17H18ClN5O2. The monoisotopic (exact) mass is 359 g/mol. The summed E-state index contributed by atoms with van der Waals surface area (Å²) in [6.07, 6.45) is 2.27. The van der Waals surface area contributed by atoms with Crippen molar-refractivity contribution in [3.05, 3.63) is 47.0 Å². The number of nitriles is 1. The first-order chi connectivity index (χ1) is 12.1. The molecule has 0 radical (unpaired) electrons. The number of nitrogens with zero attached hydrogens (tertiary/aromatic N) is 5. The number of rotatable bonds is 4. The van der Waals surface area contributed by atoms with Crippen LogP contribution in [0, 0.1) is 11.3 Å². The third kappa shape index (κ3) is 4.16. The van der Waals surface area contributed by atoms with E-state index in [9.17, 15) is 9.90 Å². The lowest BCUT2D eigenvalue weighted by molar-refractivity contribution is -0.134. The summed E-state index contributed by atoms with van der Waals surface area (Å²) in [4.78, 5) is 18.1. The van der Waals surface area contributed by atoms with Gasteiger partial charge >= 0.3 is 0 Å². The summed E-state index contributed by atoms with van der Waals surface area (Å²) in [5.41, 5.74) is 0.680. The number of piperidine rings is 1. The number of benzene rings is 1. The molecule has 8 heteroatoms. The maximum atomic E-state index is 12.4. The molecule has 0 aliphatic carbocycles. The molecule has 1 atom stereocenters. The Bertz CT molecular complexity index is 775. The zero-order valence-corrected chi connectivity index (χ0v) is 14.3. The highest BCUT2D eigenvalue weighted by molar-refractivity contribution is 6.30. The van der Waals surface area contributed by atoms with Crippen molar-refractivity contribution in [3.8, 4) is 6.07 Å². The number of aliphatic hydroxyl groups is 1. The van der Waals surface area contributed by atoms with Gasteiger partial charge in [0.15, 0.2) is 0 Å². The zero-order valence-electron chi connectivity index (χ0n) is 13.5. The molecule has 1 aromatic carbocycles. The number of hydrogen-bond donors (Lipinski definition) is 1. The molecular weight excluding hydrogens is 342 g/mol. The van der Waals surface area contributed by atoms with E-state index in [0.29, 0.717) is 23.7 Å². The maximum Gasteiger partial charge on any atom is 0.252 e. The Morgan fingerprint density at radius 3 is 2.64 bits per heavy atom. The van der Waals surface area contributed by atoms with Crippen molar-refractivity contribution in [3.63, 3.8) is 0 Å². The number of carbonyl (C=O) groups excluding carboxylic acids is 1. The molecule has 0 saturated carbocycles. The van der Waals surface area contributed by atoms with Gasteiger partial charge in [-0.1, -0.05) is 23.7 Å². The van der Waals surface area contributed by atoms with Gasteiger partial charge in [0.25, 0.3) is 5.82 Å². The Hall–Kier alpha value is -2.43. The van der Waals surface area contributed by atoms with E-state index in [2.05, 4.69) is 10.1 Å². The second-order valence-electron chi connectivity index (χ2n) is 6.04. The number of likely N-dealkylation sites (tertiary alicyclic amines) is 1. The molecule has 2 heterocycles. The minimum absolute atomic E-state index is 0.0498. The number of aromatic nitrogens is 3. The average molecular weight is 360 g/mol. The van der Waals surface area contributed by atoms with Crippen molar-refractivity contribution < 1.29 is 9.90 Å². The van der Waals surface area contributed by atoms with E-state index in [1.54, 1.807) is 40.2 Å². The van der Waals surface area contributed by atoms with Gasteiger partial charge in [-0.25, -0.2) is 9.67 Å². The maximum absolute atomic E-state index is 12.4. The predicted molar refractivity (Wildman–Crippen MR) is 90.6 cm³/mol. The van der Waals surface area contributed by atoms with Crippen molar-refractivity contribution in [1.82, 2.24) is 19.7 Å². The molecule has 1 fully saturated rings. The Labute approximate surface area is 150 Å². The molecule has 1 aromatic heterocycles. The topological polar surface area (TPSA) is 95.0 Å². The lowest BCUT2D eigenvalue weighted by Crippen LogP contribution is -2.39. The molecule has 130 valence electrons. The zero-order chi connectivity index (χ0) is 17.8. The van der Waals surface area contributed by atoms with E-state index >= 15 is 0 Å². The summed E-state index contributed by atoms with van der Waals surface area (Å²) in [5, 5.41) is 23.7. The largest absolute Gasteiger partial charge is 0.388 e. The third-order valence-corrected chi connectivity index (χ3v) is 4.67. The van der Waals surface area contributed by atoms with Crippen LogP contribution in [0.2, 0.25) is 5.02 Å². The Morgan fingerprint density at radius 2 is 2.04 bits per heavy atom. The van der Waals surface area contributed by atoms with Crippen LogP contribution in [0.4, 0.5) is 0 Å². The molecule has 3 rings (SSSR count). The van der Waals surface area contributed by atoms with Gasteiger partial charge in [0, 0.05) is 18.1 Å². The van der Waals surface area contributed by atoms with Gasteiger partial charge in [-0.3, -0.25) is 4.79 Å². The van der Waals surface area contributed by atoms with Crippen LogP contribution >= 0.6 is 11.6 Å². The van der Waals surface area contributed by atoms with Crippen LogP contribution in [0.25, 0.3) is 0 Å². The summed E-state index contributed by atoms with van der Waals surface area (Å²) in [5.74, 6) is 0.0850. The fourth-order valence-electron chi connectivity index (χ4n) is 2.98. The summed E-state index contributed by atoms with van der Waals surface area (Å²) >= 11 is 5.83. The quantitative estimate of drug-likeness (QED) is 0.901. The van der Waals surface area contributed by atoms with Gasteiger partial charge in [0.2, 0.25) is 5.91 Å². The fraction of sp³-hybridized carbons (Fsp3) is 0.412. The summed E-state index contributed by atoms with van der Waals surface area (Å²) in [6.45, 7) is 1.19. The normalized spacial score (nSPS) is 16.4. The molecule has 1 aliphatic heterocycles. The van der Waals surface area contributed by atoms with Crippen LogP contribution in [0.3, 0.4) is 0 Å². The van der Waals surface area contributed by atoms with Crippen LogP contribution in [0.5, 0.6) is 0 Å². The van der Waals surface area contributed by atoms with Gasteiger partial charge < -0.3 is 10.0 Å². The smallest absolute Gasteiger partial charge is 0.252 e. The number of amides is 1. The van der Waals surface area contributed by atoms with Gasteiger partial charge in [-0.05, 0) is 30.5 Å². The van der Waals surface area contributed by atoms with Crippen LogP contribution in [0.1, 0.15) is 42.8 Å². The molecule has 0 spiro atoms. The van der Waals surface area contributed by atoms with Gasteiger partial charge in [-0.15, -0.1) is 5.10 Å². The highest BCUT2D eigenvalue weighted by atomic mass is 35.5. The van der Waals surface area contributed by atoms with E-state index in [1.165, 1.54) is 0 Å². The second kappa shape index (κ2) is 7.64. The first kappa shape index (κ1) is 17.4. The van der Waals surface area contributed by atoms with Crippen LogP contribution in [0.15, 0.2) is 30.6 Å². The molecule has 7 nitrogen and oxygen atoms in total. The number of halogens is 1. The molecule has 1 N–H and O–H groups in total. The first-order valence-corrected chi connectivity index (χ1v) is 8.47. The van der Waals surface area contributed by atoms with E-state index in [0.717, 1.165) is 12.8 Å². The van der Waals surface area contributed by atoms with Crippen molar-refractivity contribution in [2.45, 2.75) is 31.4 Å². The minimum Gasteiger partial charge on any atom is -0.388 e. The highest BCUT2D eigenvalue weighted by Crippen LogP contribution is 2.24. The Balaban J connectivity index is 1.52. The lowest BCUT2D eigenvalue weighted by Gasteiger charge is -2.32. The molecule has 2 aromatic rings. The molecule has 0 bridgehead atoms. The summed E-state index contributed by atoms with van der Waals surface area (Å²) < 4.78 is 1.70. The SMILES string of the molecule is N#Cc1ncn(C2CCN(C(=O)CC(O)c3ccc(Cl)cc3)CC2)n1. The lowest BCUT2D eigenvalue weighted by atomic mass is 10.0. The van der Waals surface area contributed by atoms with Crippen molar-refractivity contribution in [2.75, 3.05) is 13.1 Å². The molecule has 1 aliphatic rings. The molecule has 1 saturated heterocycles. The molecule has 1 amide bonds. The van der Waals surface area contributed by atoms with Crippen LogP contribution in [-0.4, -0.2) is 43.8 Å². The Morgan fingerprint density at radius 1 is 1.36 bits per heavy atom. The van der Waals surface area contributed by atoms with Crippen molar-refractivity contribution in [1.29, 1.82) is 5.26 Å². The average Bonchev–Trinajstić information content (AvgIpc) is 3.11. The summed E-state index contributed by atoms with van der Waals surface area (Å²) in [6, 6.07) is 8.90. The number of carbonyl (C=O) groups is 1. The fourth-order valence-corrected chi connectivity index (χ4v) is 3.11. The molecule has 25 heavy (non-hydrogen) atoms. The minimum atomic E-state index is -0.837. The van der Waals surface area contributed by atoms with E-state index in [-0.39, 0.29) is 24.2 Å². The summed E-state index contributed by atoms with van der Waals surface area (Å²) in [7, 11) is 0. The Kier molecular flexibility index (Phi) is 5.31. The van der Waals surface area contributed by atoms with Gasteiger partial charge in [0.05, 0.1) is 18.6 Å². The van der Waals surface area contributed by atoms with E-state index in [4.69, 9.17) is 16.9 Å². The third-order valence-electron chi connectivity index (χ3n) is 4.42. The van der Waals surface area contributed by atoms with Crippen LogP contribution in [-0.2, 0) is 4.79 Å². The van der Waals surface area contributed by atoms with Crippen molar-refractivity contribution in [2.24, 2.45) is 0 Å². The first-order valence-electron chi connectivity index (χ1n) is 8.09. The standard InChI is InChI=1S/C17H18ClN5O2/c18-13-3-1-12(2-4-13)15(24)9-17(25)22-7-5-14(6-8-22)23-11-20-16(10-19)21-23/h1-4,11,14-15,24H,5-9H2. The van der Waals surface area contributed by atoms with Crippen LogP contribution < -0.4 is 0 Å². The van der Waals surface area contributed by atoms with Crippen molar-refractivity contribution >= 4 is 17.5 Å². The highest BCUT2D eigenvalue weighted by Gasteiger charge is 2.26. The van der Waals surface area contributed by atoms with Gasteiger partial charge in [-0.2, -0.15) is 5.26 Å². The number of aliphatic hydroxyl groups excluding tert-OH is 1. The van der Waals surface area contributed by atoms with E-state index in [1.807, 2.05) is 6.07 Å².